The molecule has 0 bridgehead atoms. The largest absolute Gasteiger partial charge is 0.354 e. The summed E-state index contributed by atoms with van der Waals surface area (Å²) in [4.78, 5) is 0. The van der Waals surface area contributed by atoms with Gasteiger partial charge in [-0.1, -0.05) is 29.3 Å². The molecule has 0 fully saturated rings. The van der Waals surface area contributed by atoms with E-state index in [0.717, 1.165) is 5.56 Å². The van der Waals surface area contributed by atoms with Gasteiger partial charge in [-0.15, -0.1) is 0 Å². The van der Waals surface area contributed by atoms with Gasteiger partial charge in [0.2, 0.25) is 0 Å². The third kappa shape index (κ3) is 4.12. The first kappa shape index (κ1) is 14.7. The van der Waals surface area contributed by atoms with E-state index in [9.17, 15) is 0 Å². The van der Waals surface area contributed by atoms with Gasteiger partial charge >= 0.3 is 0 Å². The van der Waals surface area contributed by atoms with Gasteiger partial charge in [-0.3, -0.25) is 0 Å². The Morgan fingerprint density at radius 2 is 1.71 bits per heavy atom. The molecule has 1 unspecified atom stereocenters. The van der Waals surface area contributed by atoms with Crippen molar-refractivity contribution in [3.8, 4) is 0 Å². The molecule has 1 aromatic rings. The Kier molecular flexibility index (Phi) is 6.23. The molecular weight excluding hydrogens is 261 g/mol. The lowest BCUT2D eigenvalue weighted by Gasteiger charge is -2.22. The van der Waals surface area contributed by atoms with Crippen LogP contribution in [0.3, 0.4) is 0 Å². The van der Waals surface area contributed by atoms with Crippen molar-refractivity contribution >= 4 is 23.2 Å². The van der Waals surface area contributed by atoms with Crippen LogP contribution in [0.25, 0.3) is 0 Å². The Balaban J connectivity index is 2.61. The fourth-order valence-corrected chi connectivity index (χ4v) is 2.10. The molecule has 0 aliphatic rings. The fraction of sp³-hybridized carbons (Fsp3) is 0.500. The number of nitrogens with one attached hydrogen (secondary N) is 1. The molecule has 1 N–H and O–H groups in total. The molecule has 0 aliphatic heterocycles. The van der Waals surface area contributed by atoms with Crippen LogP contribution in [0.4, 0.5) is 0 Å². The summed E-state index contributed by atoms with van der Waals surface area (Å²) in [6, 6.07) is 5.50. The summed E-state index contributed by atoms with van der Waals surface area (Å²) in [5.41, 5.74) is 0.883. The monoisotopic (exact) mass is 277 g/mol. The first-order valence-electron chi connectivity index (χ1n) is 5.32. The summed E-state index contributed by atoms with van der Waals surface area (Å²) >= 11 is 12.1. The summed E-state index contributed by atoms with van der Waals surface area (Å²) < 4.78 is 10.3. The number of hydrogen-bond acceptors (Lipinski definition) is 3. The molecule has 1 atom stereocenters. The maximum Gasteiger partial charge on any atom is 0.171 e. The van der Waals surface area contributed by atoms with Crippen LogP contribution in [0.15, 0.2) is 18.2 Å². The predicted molar refractivity (Wildman–Crippen MR) is 70.6 cm³/mol. The molecule has 0 saturated heterocycles. The van der Waals surface area contributed by atoms with Crippen LogP contribution in [-0.2, 0) is 16.0 Å². The van der Waals surface area contributed by atoms with Crippen LogP contribution in [0.5, 0.6) is 0 Å². The second-order valence-corrected chi connectivity index (χ2v) is 4.52. The van der Waals surface area contributed by atoms with E-state index < -0.39 is 0 Å². The molecule has 0 spiro atoms. The number of halogens is 2. The molecule has 1 aromatic carbocycles. The fourth-order valence-electron chi connectivity index (χ4n) is 1.56. The lowest BCUT2D eigenvalue weighted by Crippen LogP contribution is -2.39. The highest BCUT2D eigenvalue weighted by atomic mass is 35.5. The Morgan fingerprint density at radius 1 is 1.18 bits per heavy atom. The highest BCUT2D eigenvalue weighted by molar-refractivity contribution is 6.35. The van der Waals surface area contributed by atoms with E-state index in [2.05, 4.69) is 5.32 Å². The minimum absolute atomic E-state index is 0.0392. The van der Waals surface area contributed by atoms with Crippen LogP contribution in [0, 0.1) is 0 Å². The lowest BCUT2D eigenvalue weighted by atomic mass is 10.2. The van der Waals surface area contributed by atoms with Gasteiger partial charge in [0, 0.05) is 36.4 Å². The average molecular weight is 278 g/mol. The number of rotatable bonds is 6. The van der Waals surface area contributed by atoms with E-state index in [-0.39, 0.29) is 12.3 Å². The molecular formula is C12H17Cl2NO2. The van der Waals surface area contributed by atoms with Gasteiger partial charge in [0.25, 0.3) is 0 Å². The normalized spacial score (nSPS) is 13.1. The zero-order chi connectivity index (χ0) is 12.8. The van der Waals surface area contributed by atoms with Crippen molar-refractivity contribution in [2.24, 2.45) is 0 Å². The van der Waals surface area contributed by atoms with Crippen molar-refractivity contribution < 1.29 is 9.47 Å². The molecule has 5 heteroatoms. The highest BCUT2D eigenvalue weighted by Crippen LogP contribution is 2.24. The summed E-state index contributed by atoms with van der Waals surface area (Å²) in [5.74, 6) is 0. The van der Waals surface area contributed by atoms with Crippen molar-refractivity contribution in [3.05, 3.63) is 33.8 Å². The number of methoxy groups -OCH3 is 2. The van der Waals surface area contributed by atoms with E-state index in [1.807, 2.05) is 25.1 Å². The highest BCUT2D eigenvalue weighted by Gasteiger charge is 2.16. The molecule has 0 aromatic heterocycles. The number of hydrogen-bond donors (Lipinski definition) is 1. The summed E-state index contributed by atoms with van der Waals surface area (Å²) in [6.07, 6.45) is -0.295. The quantitative estimate of drug-likeness (QED) is 0.811. The van der Waals surface area contributed by atoms with Gasteiger partial charge < -0.3 is 14.8 Å². The van der Waals surface area contributed by atoms with Gasteiger partial charge in [-0.25, -0.2) is 0 Å². The smallest absolute Gasteiger partial charge is 0.171 e. The molecule has 17 heavy (non-hydrogen) atoms. The first-order chi connectivity index (χ1) is 8.10. The number of benzene rings is 1. The maximum atomic E-state index is 6.07. The second-order valence-electron chi connectivity index (χ2n) is 3.71. The second kappa shape index (κ2) is 7.19. The van der Waals surface area contributed by atoms with Crippen LogP contribution >= 0.6 is 23.2 Å². The van der Waals surface area contributed by atoms with Crippen molar-refractivity contribution in [2.75, 3.05) is 14.2 Å². The summed E-state index contributed by atoms with van der Waals surface area (Å²) in [5, 5.41) is 4.58. The summed E-state index contributed by atoms with van der Waals surface area (Å²) in [6.45, 7) is 2.55. The maximum absolute atomic E-state index is 6.07. The van der Waals surface area contributed by atoms with Gasteiger partial charge in [-0.05, 0) is 19.1 Å². The van der Waals surface area contributed by atoms with E-state index in [1.54, 1.807) is 14.2 Å². The Hall–Kier alpha value is -0.320. The molecule has 0 aliphatic carbocycles. The Bertz CT molecular complexity index is 336. The lowest BCUT2D eigenvalue weighted by molar-refractivity contribution is -0.119. The van der Waals surface area contributed by atoms with Crippen molar-refractivity contribution in [2.45, 2.75) is 25.8 Å². The van der Waals surface area contributed by atoms with Crippen LogP contribution in [-0.4, -0.2) is 26.6 Å². The van der Waals surface area contributed by atoms with Crippen molar-refractivity contribution in [3.63, 3.8) is 0 Å². The predicted octanol–water partition coefficient (Wildman–Crippen LogP) is 3.09. The van der Waals surface area contributed by atoms with Crippen molar-refractivity contribution in [1.29, 1.82) is 0 Å². The Morgan fingerprint density at radius 3 is 2.18 bits per heavy atom. The standard InChI is InChI=1S/C12H17Cl2NO2/c1-8(12(16-2)17-3)15-7-9-10(13)5-4-6-11(9)14/h4-6,8,12,15H,7H2,1-3H3. The number of ether oxygens (including phenoxy) is 2. The molecule has 1 rings (SSSR count). The van der Waals surface area contributed by atoms with E-state index >= 15 is 0 Å². The van der Waals surface area contributed by atoms with Crippen LogP contribution in [0.1, 0.15) is 12.5 Å². The topological polar surface area (TPSA) is 30.5 Å². The SMILES string of the molecule is COC(OC)C(C)NCc1c(Cl)cccc1Cl. The third-order valence-electron chi connectivity index (χ3n) is 2.54. The molecule has 0 radical (unpaired) electrons. The van der Waals surface area contributed by atoms with E-state index in [0.29, 0.717) is 16.6 Å². The van der Waals surface area contributed by atoms with Gasteiger partial charge in [-0.2, -0.15) is 0 Å². The van der Waals surface area contributed by atoms with Crippen molar-refractivity contribution in [1.82, 2.24) is 5.32 Å². The molecule has 0 heterocycles. The minimum Gasteiger partial charge on any atom is -0.354 e. The molecule has 0 amide bonds. The van der Waals surface area contributed by atoms with E-state index in [1.165, 1.54) is 0 Å². The molecule has 96 valence electrons. The minimum atomic E-state index is -0.295. The van der Waals surface area contributed by atoms with E-state index in [4.69, 9.17) is 32.7 Å². The average Bonchev–Trinajstić information content (AvgIpc) is 2.30. The van der Waals surface area contributed by atoms with Gasteiger partial charge in [0.15, 0.2) is 6.29 Å². The molecule has 3 nitrogen and oxygen atoms in total. The van der Waals surface area contributed by atoms with Gasteiger partial charge in [0.1, 0.15) is 0 Å². The van der Waals surface area contributed by atoms with Crippen LogP contribution < -0.4 is 5.32 Å². The molecule has 0 saturated carbocycles. The zero-order valence-corrected chi connectivity index (χ0v) is 11.7. The van der Waals surface area contributed by atoms with Gasteiger partial charge in [0.05, 0.1) is 6.04 Å². The third-order valence-corrected chi connectivity index (χ3v) is 3.24. The first-order valence-corrected chi connectivity index (χ1v) is 6.07. The van der Waals surface area contributed by atoms with Crippen LogP contribution in [0.2, 0.25) is 10.0 Å². The summed E-state index contributed by atoms with van der Waals surface area (Å²) in [7, 11) is 3.21. The zero-order valence-electron chi connectivity index (χ0n) is 10.2. The Labute approximate surface area is 112 Å².